The molecule has 0 rings (SSSR count). The van der Waals surface area contributed by atoms with E-state index in [0.717, 1.165) is 0 Å². The van der Waals surface area contributed by atoms with Crippen molar-refractivity contribution >= 4 is 0 Å². The summed E-state index contributed by atoms with van der Waals surface area (Å²) in [5.74, 6) is 0. The van der Waals surface area contributed by atoms with Gasteiger partial charge in [0.1, 0.15) is 0 Å². The fraction of sp³-hybridized carbons (Fsp3) is 0. The van der Waals surface area contributed by atoms with E-state index in [1.54, 1.807) is 0 Å². The first-order valence-electron chi connectivity index (χ1n) is 0.548. The molecule has 0 bridgehead atoms. The van der Waals surface area contributed by atoms with E-state index in [4.69, 9.17) is 15.3 Å². The van der Waals surface area contributed by atoms with Gasteiger partial charge >= 0.3 is 0 Å². The van der Waals surface area contributed by atoms with Crippen LogP contribution in [0.15, 0.2) is 0 Å². The van der Waals surface area contributed by atoms with E-state index in [1.165, 1.54) is 0 Å². The van der Waals surface area contributed by atoms with E-state index >= 15 is 0 Å². The number of hydrogen-bond donors (Lipinski definition) is 0. The summed E-state index contributed by atoms with van der Waals surface area (Å²) in [4.78, 5) is 8.25. The minimum atomic E-state index is -1.75. The van der Waals surface area contributed by atoms with E-state index in [0.29, 0.717) is 0 Å². The Morgan fingerprint density at radius 3 is 1.14 bits per heavy atom. The fourth-order valence-electron chi connectivity index (χ4n) is 0. The van der Waals surface area contributed by atoms with Gasteiger partial charge in [-0.15, -0.1) is 0 Å². The second kappa shape index (κ2) is 17.4. The topological polar surface area (TPSA) is 129 Å². The van der Waals surface area contributed by atoms with Gasteiger partial charge in [-0.2, -0.15) is 0 Å². The summed E-state index contributed by atoms with van der Waals surface area (Å²) in [6.07, 6.45) is 0. The molecule has 0 spiro atoms. The zero-order chi connectivity index (χ0) is 3.58. The Labute approximate surface area is 49.3 Å². The van der Waals surface area contributed by atoms with Crippen molar-refractivity contribution in [2.45, 2.75) is 0 Å². The van der Waals surface area contributed by atoms with Gasteiger partial charge in [-0.3, -0.25) is 0 Å². The minimum Gasteiger partial charge on any atom is -0.412 e. The standard InChI is InChI=1S/Cu.NO3.2H2O/c;2-1(3)4;;/h;;2*1H2/q;-1;;. The van der Waals surface area contributed by atoms with Crippen molar-refractivity contribution in [1.29, 1.82) is 0 Å². The van der Waals surface area contributed by atoms with Gasteiger partial charge < -0.3 is 26.3 Å². The molecule has 0 saturated carbocycles. The van der Waals surface area contributed by atoms with Crippen LogP contribution in [0.4, 0.5) is 0 Å². The van der Waals surface area contributed by atoms with Gasteiger partial charge in [0.05, 0.1) is 5.09 Å². The average Bonchev–Trinajstić information content (AvgIpc) is 0.811. The number of rotatable bonds is 0. The Bertz CT molecular complexity index is 31.1. The largest absolute Gasteiger partial charge is 0.412 e. The van der Waals surface area contributed by atoms with Crippen molar-refractivity contribution in [3.63, 3.8) is 0 Å². The molecule has 7 heteroatoms. The molecule has 0 atom stereocenters. The molecule has 0 aromatic heterocycles. The molecule has 0 heterocycles. The van der Waals surface area contributed by atoms with E-state index in [-0.39, 0.29) is 28.0 Å². The van der Waals surface area contributed by atoms with Crippen molar-refractivity contribution in [1.82, 2.24) is 0 Å². The monoisotopic (exact) mass is 161 g/mol. The smallest absolute Gasteiger partial charge is 0.0689 e. The van der Waals surface area contributed by atoms with Gasteiger partial charge in [-0.1, -0.05) is 0 Å². The summed E-state index contributed by atoms with van der Waals surface area (Å²) in [6.45, 7) is 0. The molecular formula is H4CuNO5-. The molecule has 6 nitrogen and oxygen atoms in total. The second-order valence-corrected chi connectivity index (χ2v) is 0.224. The van der Waals surface area contributed by atoms with Crippen LogP contribution in [-0.4, -0.2) is 16.0 Å². The van der Waals surface area contributed by atoms with Crippen molar-refractivity contribution < 1.29 is 33.1 Å². The molecule has 51 valence electrons. The molecular weight excluding hydrogens is 158 g/mol. The van der Waals surface area contributed by atoms with Crippen molar-refractivity contribution in [2.75, 3.05) is 0 Å². The Kier molecular flexibility index (Phi) is 75.4. The van der Waals surface area contributed by atoms with Gasteiger partial charge in [-0.25, -0.2) is 0 Å². The van der Waals surface area contributed by atoms with E-state index in [2.05, 4.69) is 0 Å². The SMILES string of the molecule is O.O.O=[N+]([O-])[O-].[Cu]. The first-order valence-corrected chi connectivity index (χ1v) is 0.548. The number of nitrogens with zero attached hydrogens (tertiary/aromatic N) is 1. The van der Waals surface area contributed by atoms with Gasteiger partial charge in [0.25, 0.3) is 0 Å². The minimum absolute atomic E-state index is 0. The third kappa shape index (κ3) is 575. The van der Waals surface area contributed by atoms with Crippen LogP contribution >= 0.6 is 0 Å². The number of hydrogen-bond acceptors (Lipinski definition) is 3. The van der Waals surface area contributed by atoms with E-state index < -0.39 is 5.09 Å². The van der Waals surface area contributed by atoms with Gasteiger partial charge in [-0.05, 0) is 0 Å². The maximum atomic E-state index is 8.25. The molecule has 1 radical (unpaired) electrons. The van der Waals surface area contributed by atoms with Crippen LogP contribution < -0.4 is 0 Å². The molecule has 0 aliphatic rings. The maximum Gasteiger partial charge on any atom is 0.0689 e. The first-order chi connectivity index (χ1) is 1.73. The van der Waals surface area contributed by atoms with Crippen LogP contribution in [0.2, 0.25) is 0 Å². The molecule has 0 fully saturated rings. The van der Waals surface area contributed by atoms with Crippen LogP contribution in [0.5, 0.6) is 0 Å². The van der Waals surface area contributed by atoms with E-state index in [1.807, 2.05) is 0 Å². The van der Waals surface area contributed by atoms with Crippen LogP contribution in [0, 0.1) is 15.3 Å². The third-order valence-corrected chi connectivity index (χ3v) is 0. The predicted octanol–water partition coefficient (Wildman–Crippen LogP) is -1.89. The fourth-order valence-corrected chi connectivity index (χ4v) is 0. The van der Waals surface area contributed by atoms with Crippen molar-refractivity contribution in [3.8, 4) is 0 Å². The predicted molar refractivity (Wildman–Crippen MR) is 17.6 cm³/mol. The molecule has 7 heavy (non-hydrogen) atoms. The van der Waals surface area contributed by atoms with Crippen LogP contribution in [-0.2, 0) is 17.1 Å². The summed E-state index contributed by atoms with van der Waals surface area (Å²) >= 11 is 0. The zero-order valence-electron chi connectivity index (χ0n) is 2.97. The summed E-state index contributed by atoms with van der Waals surface area (Å²) in [5.41, 5.74) is 0. The molecule has 4 N–H and O–H groups in total. The molecule has 0 amide bonds. The summed E-state index contributed by atoms with van der Waals surface area (Å²) < 4.78 is 0. The third-order valence-electron chi connectivity index (χ3n) is 0. The van der Waals surface area contributed by atoms with Crippen LogP contribution in [0.3, 0.4) is 0 Å². The average molecular weight is 162 g/mol. The summed E-state index contributed by atoms with van der Waals surface area (Å²) in [5, 5.41) is 14.8. The van der Waals surface area contributed by atoms with Crippen LogP contribution in [0.1, 0.15) is 0 Å². The zero-order valence-corrected chi connectivity index (χ0v) is 3.92. The normalized spacial score (nSPS) is 3.43. The Hall–Kier alpha value is -0.361. The summed E-state index contributed by atoms with van der Waals surface area (Å²) in [7, 11) is 0. The van der Waals surface area contributed by atoms with Gasteiger partial charge in [0.15, 0.2) is 0 Å². The Morgan fingerprint density at radius 1 is 1.14 bits per heavy atom. The van der Waals surface area contributed by atoms with E-state index in [9.17, 15) is 0 Å². The van der Waals surface area contributed by atoms with Gasteiger partial charge in [0.2, 0.25) is 0 Å². The first kappa shape index (κ1) is 30.3. The maximum absolute atomic E-state index is 8.25. The molecule has 0 aromatic carbocycles. The van der Waals surface area contributed by atoms with Crippen molar-refractivity contribution in [2.24, 2.45) is 0 Å². The molecule has 0 unspecified atom stereocenters. The second-order valence-electron chi connectivity index (χ2n) is 0.224. The molecule has 0 aliphatic heterocycles. The van der Waals surface area contributed by atoms with Gasteiger partial charge in [0, 0.05) is 17.1 Å². The molecule has 0 aliphatic carbocycles. The Morgan fingerprint density at radius 2 is 1.14 bits per heavy atom. The molecule has 0 saturated heterocycles. The van der Waals surface area contributed by atoms with Crippen LogP contribution in [0.25, 0.3) is 0 Å². The quantitative estimate of drug-likeness (QED) is 0.234. The molecule has 0 aromatic rings. The Balaban J connectivity index is -0.0000000150. The van der Waals surface area contributed by atoms with Crippen molar-refractivity contribution in [3.05, 3.63) is 15.3 Å². The summed E-state index contributed by atoms with van der Waals surface area (Å²) in [6, 6.07) is 0.